The van der Waals surface area contributed by atoms with Crippen LogP contribution in [0, 0.1) is 5.92 Å². The Morgan fingerprint density at radius 3 is 1.32 bits per heavy atom. The number of nitrogens with two attached hydrogens (primary N) is 1. The van der Waals surface area contributed by atoms with E-state index in [0.717, 1.165) is 18.9 Å². The van der Waals surface area contributed by atoms with Crippen LogP contribution in [0.15, 0.2) is 0 Å². The Morgan fingerprint density at radius 2 is 0.968 bits per heavy atom. The second kappa shape index (κ2) is 19.5. The summed E-state index contributed by atoms with van der Waals surface area (Å²) in [5.41, 5.74) is 6.37. The molecule has 0 aromatic rings. The van der Waals surface area contributed by atoms with Crippen molar-refractivity contribution in [3.05, 3.63) is 0 Å². The van der Waals surface area contributed by atoms with Crippen LogP contribution in [0.4, 0.5) is 0 Å². The Hall–Kier alpha value is 0.0569. The van der Waals surface area contributed by atoms with Gasteiger partial charge in [0.2, 0.25) is 0 Å². The number of hydrogen-bond acceptors (Lipinski definition) is 4. The average molecular weight is 460 g/mol. The second-order valence-electron chi connectivity index (χ2n) is 10.1. The van der Waals surface area contributed by atoms with Gasteiger partial charge in [0.15, 0.2) is 0 Å². The average Bonchev–Trinajstić information content (AvgIpc) is 2.75. The topological polar surface area (TPSA) is 53.7 Å². The molecule has 0 amide bonds. The standard InChI is InChI=1S/C26H57NO3Si/c1-7-8-9-10-11-12-13-14-15-16-17-18-19-20-22-25(26(2,3)27)23-21-24-31(28-4,29-5)30-6/h25H,7-24,27H2,1-6H3. The molecule has 0 aromatic heterocycles. The lowest BCUT2D eigenvalue weighted by Crippen LogP contribution is -2.44. The predicted octanol–water partition coefficient (Wildman–Crippen LogP) is 7.87. The molecule has 0 aromatic carbocycles. The van der Waals surface area contributed by atoms with E-state index in [1.807, 2.05) is 0 Å². The van der Waals surface area contributed by atoms with Gasteiger partial charge in [-0.15, -0.1) is 0 Å². The van der Waals surface area contributed by atoms with E-state index in [2.05, 4.69) is 20.8 Å². The van der Waals surface area contributed by atoms with Gasteiger partial charge >= 0.3 is 8.80 Å². The molecule has 0 rings (SSSR count). The smallest absolute Gasteiger partial charge is 0.377 e. The Bertz CT molecular complexity index is 375. The third kappa shape index (κ3) is 16.3. The minimum absolute atomic E-state index is 0.131. The van der Waals surface area contributed by atoms with E-state index in [-0.39, 0.29) is 5.54 Å². The number of hydrogen-bond donors (Lipinski definition) is 1. The minimum atomic E-state index is -2.46. The first-order valence-corrected chi connectivity index (χ1v) is 15.2. The first-order valence-electron chi connectivity index (χ1n) is 13.3. The van der Waals surface area contributed by atoms with Crippen molar-refractivity contribution in [1.82, 2.24) is 0 Å². The monoisotopic (exact) mass is 459 g/mol. The van der Waals surface area contributed by atoms with Crippen molar-refractivity contribution in [1.29, 1.82) is 0 Å². The fourth-order valence-electron chi connectivity index (χ4n) is 4.59. The maximum atomic E-state index is 6.50. The molecule has 0 saturated heterocycles. The Balaban J connectivity index is 3.80. The summed E-state index contributed by atoms with van der Waals surface area (Å²) in [4.78, 5) is 0. The van der Waals surface area contributed by atoms with E-state index in [0.29, 0.717) is 5.92 Å². The van der Waals surface area contributed by atoms with Crippen LogP contribution in [-0.2, 0) is 13.3 Å². The van der Waals surface area contributed by atoms with E-state index >= 15 is 0 Å². The van der Waals surface area contributed by atoms with E-state index in [1.165, 1.54) is 96.3 Å². The third-order valence-electron chi connectivity index (χ3n) is 6.93. The molecule has 0 radical (unpaired) electrons. The van der Waals surface area contributed by atoms with E-state index in [4.69, 9.17) is 19.0 Å². The Morgan fingerprint density at radius 1 is 0.613 bits per heavy atom. The number of rotatable bonds is 23. The molecule has 2 N–H and O–H groups in total. The van der Waals surface area contributed by atoms with Crippen LogP contribution in [0.1, 0.15) is 130 Å². The highest BCUT2D eigenvalue weighted by Crippen LogP contribution is 2.28. The predicted molar refractivity (Wildman–Crippen MR) is 138 cm³/mol. The summed E-state index contributed by atoms with van der Waals surface area (Å²) in [7, 11) is 2.62. The zero-order valence-electron chi connectivity index (χ0n) is 22.1. The second-order valence-corrected chi connectivity index (χ2v) is 13.2. The zero-order valence-corrected chi connectivity index (χ0v) is 23.1. The van der Waals surface area contributed by atoms with Gasteiger partial charge in [0, 0.05) is 32.9 Å². The molecule has 0 aliphatic heterocycles. The van der Waals surface area contributed by atoms with Crippen molar-refractivity contribution < 1.29 is 13.3 Å². The summed E-state index contributed by atoms with van der Waals surface area (Å²) < 4.78 is 16.7. The first kappa shape index (κ1) is 31.1. The van der Waals surface area contributed by atoms with Crippen LogP contribution in [0.25, 0.3) is 0 Å². The fraction of sp³-hybridized carbons (Fsp3) is 1.00. The molecule has 0 spiro atoms. The maximum absolute atomic E-state index is 6.50. The van der Waals surface area contributed by atoms with Gasteiger partial charge < -0.3 is 19.0 Å². The first-order chi connectivity index (χ1) is 14.8. The highest BCUT2D eigenvalue weighted by Gasteiger charge is 2.37. The lowest BCUT2D eigenvalue weighted by Gasteiger charge is -2.32. The van der Waals surface area contributed by atoms with Gasteiger partial charge in [-0.3, -0.25) is 0 Å². The molecular formula is C26H57NO3Si. The molecule has 0 bridgehead atoms. The van der Waals surface area contributed by atoms with Gasteiger partial charge in [-0.1, -0.05) is 96.8 Å². The lowest BCUT2D eigenvalue weighted by atomic mass is 9.81. The molecule has 0 fully saturated rings. The summed E-state index contributed by atoms with van der Waals surface area (Å²) >= 11 is 0. The fourth-order valence-corrected chi connectivity index (χ4v) is 6.34. The zero-order chi connectivity index (χ0) is 23.4. The summed E-state index contributed by atoms with van der Waals surface area (Å²) in [6, 6.07) is 0.863. The molecule has 0 saturated carbocycles. The van der Waals surface area contributed by atoms with E-state index < -0.39 is 8.80 Å². The molecule has 5 heteroatoms. The summed E-state index contributed by atoms with van der Waals surface area (Å²) in [6.45, 7) is 6.64. The van der Waals surface area contributed by atoms with Crippen molar-refractivity contribution >= 4 is 8.80 Å². The molecule has 1 atom stereocenters. The van der Waals surface area contributed by atoms with Crippen LogP contribution in [0.3, 0.4) is 0 Å². The summed E-state index contributed by atoms with van der Waals surface area (Å²) in [6.07, 6.45) is 23.1. The Kier molecular flexibility index (Phi) is 19.6. The minimum Gasteiger partial charge on any atom is -0.377 e. The largest absolute Gasteiger partial charge is 0.500 e. The van der Waals surface area contributed by atoms with Gasteiger partial charge in [-0.25, -0.2) is 0 Å². The van der Waals surface area contributed by atoms with Crippen molar-refractivity contribution in [2.24, 2.45) is 11.7 Å². The molecule has 31 heavy (non-hydrogen) atoms. The lowest BCUT2D eigenvalue weighted by molar-refractivity contribution is 0.121. The highest BCUT2D eigenvalue weighted by atomic mass is 28.4. The molecule has 0 aliphatic carbocycles. The summed E-state index contributed by atoms with van der Waals surface area (Å²) in [5.74, 6) is 0.544. The van der Waals surface area contributed by atoms with Crippen molar-refractivity contribution in [3.63, 3.8) is 0 Å². The van der Waals surface area contributed by atoms with Crippen LogP contribution in [0.5, 0.6) is 0 Å². The van der Waals surface area contributed by atoms with Crippen molar-refractivity contribution in [3.8, 4) is 0 Å². The molecule has 0 aliphatic rings. The SMILES string of the molecule is CCCCCCCCCCCCCCCCC(CCC[Si](OC)(OC)OC)C(C)(C)N. The summed E-state index contributed by atoms with van der Waals surface area (Å²) in [5, 5.41) is 0. The van der Waals surface area contributed by atoms with Crippen LogP contribution in [-0.4, -0.2) is 35.7 Å². The van der Waals surface area contributed by atoms with Crippen molar-refractivity contribution in [2.45, 2.75) is 142 Å². The van der Waals surface area contributed by atoms with Crippen LogP contribution >= 0.6 is 0 Å². The highest BCUT2D eigenvalue weighted by molar-refractivity contribution is 6.60. The van der Waals surface area contributed by atoms with Gasteiger partial charge in [0.05, 0.1) is 0 Å². The van der Waals surface area contributed by atoms with Crippen LogP contribution < -0.4 is 5.73 Å². The maximum Gasteiger partial charge on any atom is 0.500 e. The normalized spacial score (nSPS) is 13.6. The molecule has 4 nitrogen and oxygen atoms in total. The van der Waals surface area contributed by atoms with E-state index in [9.17, 15) is 0 Å². The van der Waals surface area contributed by atoms with Gasteiger partial charge in [0.25, 0.3) is 0 Å². The third-order valence-corrected chi connectivity index (χ3v) is 9.76. The number of unbranched alkanes of at least 4 members (excludes halogenated alkanes) is 13. The molecule has 1 unspecified atom stereocenters. The molecule has 188 valence electrons. The Labute approximate surface area is 196 Å². The van der Waals surface area contributed by atoms with Crippen LogP contribution in [0.2, 0.25) is 6.04 Å². The quantitative estimate of drug-likeness (QED) is 0.125. The van der Waals surface area contributed by atoms with Gasteiger partial charge in [0.1, 0.15) is 0 Å². The van der Waals surface area contributed by atoms with Gasteiger partial charge in [-0.2, -0.15) is 0 Å². The van der Waals surface area contributed by atoms with Gasteiger partial charge in [-0.05, 0) is 39.0 Å². The van der Waals surface area contributed by atoms with E-state index in [1.54, 1.807) is 21.3 Å². The molecular weight excluding hydrogens is 402 g/mol. The molecule has 0 heterocycles. The van der Waals surface area contributed by atoms with Crippen molar-refractivity contribution in [2.75, 3.05) is 21.3 Å².